The second-order valence-corrected chi connectivity index (χ2v) is 4.33. The molecule has 0 aliphatic rings. The number of esters is 1. The number of rotatable bonds is 4. The van der Waals surface area contributed by atoms with Gasteiger partial charge in [0.1, 0.15) is 12.4 Å². The van der Waals surface area contributed by atoms with Gasteiger partial charge in [0.15, 0.2) is 17.5 Å². The fourth-order valence-electron chi connectivity index (χ4n) is 1.66. The van der Waals surface area contributed by atoms with Crippen molar-refractivity contribution in [1.29, 1.82) is 0 Å². The average Bonchev–Trinajstić information content (AvgIpc) is 2.51. The van der Waals surface area contributed by atoms with E-state index in [1.165, 1.54) is 12.1 Å². The smallest absolute Gasteiger partial charge is 0.331 e. The van der Waals surface area contributed by atoms with Crippen LogP contribution in [0.3, 0.4) is 0 Å². The van der Waals surface area contributed by atoms with Gasteiger partial charge < -0.3 is 9.84 Å². The number of phenols is 1. The van der Waals surface area contributed by atoms with E-state index in [2.05, 4.69) is 0 Å². The Morgan fingerprint density at radius 2 is 1.82 bits per heavy atom. The molecule has 2 rings (SSSR count). The highest BCUT2D eigenvalue weighted by Crippen LogP contribution is 2.18. The molecule has 0 saturated heterocycles. The van der Waals surface area contributed by atoms with Crippen LogP contribution in [0.2, 0.25) is 0 Å². The molecule has 3 nitrogen and oxygen atoms in total. The van der Waals surface area contributed by atoms with Crippen LogP contribution in [-0.4, -0.2) is 11.1 Å². The highest BCUT2D eigenvalue weighted by Gasteiger charge is 2.14. The van der Waals surface area contributed by atoms with Crippen LogP contribution in [-0.2, 0) is 16.1 Å². The summed E-state index contributed by atoms with van der Waals surface area (Å²) in [5.41, 5.74) is 0.127. The highest BCUT2D eigenvalue weighted by atomic mass is 19.2. The molecule has 0 radical (unpaired) electrons. The van der Waals surface area contributed by atoms with E-state index in [-0.39, 0.29) is 11.3 Å². The number of halogens is 3. The third-order valence-corrected chi connectivity index (χ3v) is 2.82. The number of hydrogen-bond donors (Lipinski definition) is 1. The van der Waals surface area contributed by atoms with Crippen molar-refractivity contribution in [2.45, 2.75) is 6.61 Å². The van der Waals surface area contributed by atoms with E-state index in [4.69, 9.17) is 4.74 Å². The second-order valence-electron chi connectivity index (χ2n) is 4.33. The van der Waals surface area contributed by atoms with Crippen molar-refractivity contribution in [2.24, 2.45) is 0 Å². The van der Waals surface area contributed by atoms with Gasteiger partial charge in [-0.2, -0.15) is 0 Å². The van der Waals surface area contributed by atoms with Gasteiger partial charge in [0, 0.05) is 17.2 Å². The van der Waals surface area contributed by atoms with E-state index in [1.807, 2.05) is 0 Å². The van der Waals surface area contributed by atoms with Crippen molar-refractivity contribution >= 4 is 12.0 Å². The van der Waals surface area contributed by atoms with E-state index in [0.29, 0.717) is 5.56 Å². The summed E-state index contributed by atoms with van der Waals surface area (Å²) in [4.78, 5) is 11.5. The molecule has 0 heterocycles. The SMILES string of the molecule is O=C(/C=C/c1ccccc1O)OCc1ccc(F)c(F)c1F. The van der Waals surface area contributed by atoms with Crippen molar-refractivity contribution in [3.8, 4) is 5.75 Å². The van der Waals surface area contributed by atoms with E-state index in [9.17, 15) is 23.1 Å². The molecule has 0 atom stereocenters. The van der Waals surface area contributed by atoms with Crippen LogP contribution >= 0.6 is 0 Å². The standard InChI is InChI=1S/C16H11F3O3/c17-12-7-5-11(15(18)16(12)19)9-22-14(21)8-6-10-3-1-2-4-13(10)20/h1-8,20H,9H2/b8-6+. The molecule has 2 aromatic rings. The number of phenolic OH excluding ortho intramolecular Hbond substituents is 1. The van der Waals surface area contributed by atoms with E-state index < -0.39 is 30.0 Å². The summed E-state index contributed by atoms with van der Waals surface area (Å²) in [7, 11) is 0. The molecule has 0 aliphatic carbocycles. The fourth-order valence-corrected chi connectivity index (χ4v) is 1.66. The summed E-state index contributed by atoms with van der Waals surface area (Å²) in [6.07, 6.45) is 2.35. The lowest BCUT2D eigenvalue weighted by Crippen LogP contribution is -2.04. The number of para-hydroxylation sites is 1. The molecule has 0 saturated carbocycles. The van der Waals surface area contributed by atoms with E-state index in [0.717, 1.165) is 18.2 Å². The van der Waals surface area contributed by atoms with Gasteiger partial charge in [-0.3, -0.25) is 0 Å². The highest BCUT2D eigenvalue weighted by molar-refractivity contribution is 5.87. The van der Waals surface area contributed by atoms with Gasteiger partial charge in [0.2, 0.25) is 0 Å². The van der Waals surface area contributed by atoms with Crippen molar-refractivity contribution in [1.82, 2.24) is 0 Å². The first-order valence-electron chi connectivity index (χ1n) is 6.24. The molecule has 0 aromatic heterocycles. The summed E-state index contributed by atoms with van der Waals surface area (Å²) in [5.74, 6) is -5.15. The molecule has 0 amide bonds. The van der Waals surface area contributed by atoms with E-state index >= 15 is 0 Å². The predicted octanol–water partition coefficient (Wildman–Crippen LogP) is 3.57. The Bertz CT molecular complexity index is 727. The lowest BCUT2D eigenvalue weighted by atomic mass is 10.2. The quantitative estimate of drug-likeness (QED) is 0.533. The van der Waals surface area contributed by atoms with Gasteiger partial charge in [0.05, 0.1) is 0 Å². The Labute approximate surface area is 124 Å². The van der Waals surface area contributed by atoms with Crippen molar-refractivity contribution in [2.75, 3.05) is 0 Å². The second kappa shape index (κ2) is 6.80. The van der Waals surface area contributed by atoms with Crippen molar-refractivity contribution in [3.05, 3.63) is 71.1 Å². The molecule has 1 N–H and O–H groups in total. The largest absolute Gasteiger partial charge is 0.507 e. The molecular weight excluding hydrogens is 297 g/mol. The fraction of sp³-hybridized carbons (Fsp3) is 0.0625. The Morgan fingerprint density at radius 3 is 2.55 bits per heavy atom. The van der Waals surface area contributed by atoms with Gasteiger partial charge >= 0.3 is 5.97 Å². The van der Waals surface area contributed by atoms with Crippen LogP contribution in [0.5, 0.6) is 5.75 Å². The van der Waals surface area contributed by atoms with Crippen LogP contribution in [0, 0.1) is 17.5 Å². The average molecular weight is 308 g/mol. The lowest BCUT2D eigenvalue weighted by Gasteiger charge is -2.05. The Balaban J connectivity index is 1.99. The van der Waals surface area contributed by atoms with Crippen LogP contribution in [0.4, 0.5) is 13.2 Å². The first-order valence-corrected chi connectivity index (χ1v) is 6.24. The molecule has 0 unspecified atom stereocenters. The minimum atomic E-state index is -1.61. The molecule has 0 bridgehead atoms. The number of carbonyl (C=O) groups is 1. The van der Waals surface area contributed by atoms with Gasteiger partial charge in [0.25, 0.3) is 0 Å². The van der Waals surface area contributed by atoms with Gasteiger partial charge in [-0.1, -0.05) is 18.2 Å². The Hall–Kier alpha value is -2.76. The molecule has 0 aliphatic heterocycles. The number of ether oxygens (including phenoxy) is 1. The summed E-state index contributed by atoms with van der Waals surface area (Å²) in [6, 6.07) is 8.06. The normalized spacial score (nSPS) is 10.9. The molecule has 22 heavy (non-hydrogen) atoms. The monoisotopic (exact) mass is 308 g/mol. The topological polar surface area (TPSA) is 46.5 Å². The molecule has 2 aromatic carbocycles. The minimum absolute atomic E-state index is 0.0156. The molecule has 114 valence electrons. The zero-order chi connectivity index (χ0) is 16.1. The van der Waals surface area contributed by atoms with Crippen LogP contribution < -0.4 is 0 Å². The Kier molecular flexibility index (Phi) is 4.83. The summed E-state index contributed by atoms with van der Waals surface area (Å²) in [5, 5.41) is 9.49. The van der Waals surface area contributed by atoms with Gasteiger partial charge in [-0.25, -0.2) is 18.0 Å². The van der Waals surface area contributed by atoms with Crippen molar-refractivity contribution < 1.29 is 27.8 Å². The molecule has 6 heteroatoms. The summed E-state index contributed by atoms with van der Waals surface area (Å²) >= 11 is 0. The lowest BCUT2D eigenvalue weighted by molar-refractivity contribution is -0.139. The zero-order valence-corrected chi connectivity index (χ0v) is 11.2. The van der Waals surface area contributed by atoms with Crippen LogP contribution in [0.15, 0.2) is 42.5 Å². The first kappa shape index (κ1) is 15.6. The number of benzene rings is 2. The molecule has 0 spiro atoms. The van der Waals surface area contributed by atoms with Crippen molar-refractivity contribution in [3.63, 3.8) is 0 Å². The number of hydrogen-bond acceptors (Lipinski definition) is 3. The predicted molar refractivity (Wildman–Crippen MR) is 73.3 cm³/mol. The van der Waals surface area contributed by atoms with Gasteiger partial charge in [-0.05, 0) is 24.3 Å². The Morgan fingerprint density at radius 1 is 1.09 bits per heavy atom. The summed E-state index contributed by atoms with van der Waals surface area (Å²) in [6.45, 7) is -0.535. The third-order valence-electron chi connectivity index (χ3n) is 2.82. The zero-order valence-electron chi connectivity index (χ0n) is 11.2. The van der Waals surface area contributed by atoms with Crippen LogP contribution in [0.25, 0.3) is 6.08 Å². The van der Waals surface area contributed by atoms with Crippen LogP contribution in [0.1, 0.15) is 11.1 Å². The maximum absolute atomic E-state index is 13.4. The maximum atomic E-state index is 13.4. The minimum Gasteiger partial charge on any atom is -0.507 e. The third kappa shape index (κ3) is 3.66. The van der Waals surface area contributed by atoms with E-state index in [1.54, 1.807) is 18.2 Å². The number of carbonyl (C=O) groups excluding carboxylic acids is 1. The first-order chi connectivity index (χ1) is 10.5. The molecular formula is C16H11F3O3. The maximum Gasteiger partial charge on any atom is 0.331 e. The molecule has 0 fully saturated rings. The van der Waals surface area contributed by atoms with Gasteiger partial charge in [-0.15, -0.1) is 0 Å². The number of aromatic hydroxyl groups is 1. The summed E-state index contributed by atoms with van der Waals surface area (Å²) < 4.78 is 43.8.